The van der Waals surface area contributed by atoms with E-state index in [-0.39, 0.29) is 27.7 Å². The summed E-state index contributed by atoms with van der Waals surface area (Å²) in [5.74, 6) is -1.25. The minimum Gasteiger partial charge on any atom is -0.462 e. The minimum atomic E-state index is -2.60. The van der Waals surface area contributed by atoms with Gasteiger partial charge in [0.05, 0.1) is 24.4 Å². The average molecular weight is 307 g/mol. The van der Waals surface area contributed by atoms with Crippen LogP contribution in [0.5, 0.6) is 0 Å². The molecular formula is C11H15F2N3O3S. The van der Waals surface area contributed by atoms with Gasteiger partial charge in [0.15, 0.2) is 0 Å². The number of nitrogens with two attached hydrogens (primary N) is 1. The highest BCUT2D eigenvalue weighted by Gasteiger charge is 2.26. The van der Waals surface area contributed by atoms with Crippen LogP contribution in [0, 0.1) is 0 Å². The molecule has 1 rings (SSSR count). The molecule has 1 amide bonds. The van der Waals surface area contributed by atoms with Gasteiger partial charge in [-0.3, -0.25) is 4.79 Å². The maximum absolute atomic E-state index is 12.2. The second-order valence-electron chi connectivity index (χ2n) is 3.62. The summed E-state index contributed by atoms with van der Waals surface area (Å²) >= 11 is 0.815. The quantitative estimate of drug-likeness (QED) is 0.693. The summed E-state index contributed by atoms with van der Waals surface area (Å²) in [4.78, 5) is 23.4. The second kappa shape index (κ2) is 7.04. The van der Waals surface area contributed by atoms with Crippen LogP contribution in [-0.4, -0.2) is 38.5 Å². The van der Waals surface area contributed by atoms with Gasteiger partial charge in [0.1, 0.15) is 9.88 Å². The van der Waals surface area contributed by atoms with E-state index in [9.17, 15) is 18.4 Å². The first-order valence-electron chi connectivity index (χ1n) is 5.75. The van der Waals surface area contributed by atoms with Crippen LogP contribution in [0.4, 0.5) is 19.5 Å². The third-order valence-electron chi connectivity index (χ3n) is 2.28. The first-order chi connectivity index (χ1) is 9.42. The molecule has 9 heteroatoms. The highest BCUT2D eigenvalue weighted by atomic mass is 32.1. The number of carbonyl (C=O) groups is 2. The van der Waals surface area contributed by atoms with Crippen molar-refractivity contribution in [1.82, 2.24) is 5.32 Å². The van der Waals surface area contributed by atoms with Crippen molar-refractivity contribution >= 4 is 33.9 Å². The van der Waals surface area contributed by atoms with E-state index in [1.54, 1.807) is 6.92 Å². The number of nitrogens with one attached hydrogen (secondary N) is 2. The van der Waals surface area contributed by atoms with Crippen LogP contribution in [0.25, 0.3) is 0 Å². The molecule has 0 aliphatic carbocycles. The van der Waals surface area contributed by atoms with E-state index in [0.29, 0.717) is 0 Å². The summed E-state index contributed by atoms with van der Waals surface area (Å²) < 4.78 is 29.3. The Hall–Kier alpha value is -1.90. The molecule has 1 aromatic heterocycles. The van der Waals surface area contributed by atoms with Crippen molar-refractivity contribution in [2.24, 2.45) is 0 Å². The summed E-state index contributed by atoms with van der Waals surface area (Å²) in [7, 11) is 1.38. The number of alkyl halides is 2. The molecule has 0 bridgehead atoms. The zero-order valence-corrected chi connectivity index (χ0v) is 11.8. The molecule has 0 atom stereocenters. The Morgan fingerprint density at radius 3 is 2.60 bits per heavy atom. The molecule has 0 saturated carbocycles. The van der Waals surface area contributed by atoms with Gasteiger partial charge in [-0.1, -0.05) is 0 Å². The molecule has 6 nitrogen and oxygen atoms in total. The number of anilines is 2. The molecule has 1 aromatic rings. The number of rotatable bonds is 6. The normalized spacial score (nSPS) is 10.4. The highest BCUT2D eigenvalue weighted by molar-refractivity contribution is 7.19. The highest BCUT2D eigenvalue weighted by Crippen LogP contribution is 2.36. The molecule has 20 heavy (non-hydrogen) atoms. The van der Waals surface area contributed by atoms with E-state index in [0.717, 1.165) is 11.3 Å². The van der Waals surface area contributed by atoms with E-state index >= 15 is 0 Å². The molecular weight excluding hydrogens is 292 g/mol. The first-order valence-corrected chi connectivity index (χ1v) is 6.57. The molecule has 0 aromatic carbocycles. The van der Waals surface area contributed by atoms with Crippen LogP contribution >= 0.6 is 11.3 Å². The average Bonchev–Trinajstić information content (AvgIpc) is 2.73. The molecule has 0 unspecified atom stereocenters. The van der Waals surface area contributed by atoms with Crippen molar-refractivity contribution in [3.63, 3.8) is 0 Å². The summed E-state index contributed by atoms with van der Waals surface area (Å²) in [6, 6.07) is 0. The Morgan fingerprint density at radius 2 is 2.10 bits per heavy atom. The molecule has 0 spiro atoms. The first kappa shape index (κ1) is 16.2. The van der Waals surface area contributed by atoms with Crippen molar-refractivity contribution in [3.05, 3.63) is 10.4 Å². The lowest BCUT2D eigenvalue weighted by molar-refractivity contribution is 0.0533. The van der Waals surface area contributed by atoms with Crippen molar-refractivity contribution in [2.75, 3.05) is 31.2 Å². The van der Waals surface area contributed by atoms with E-state index in [2.05, 4.69) is 10.6 Å². The van der Waals surface area contributed by atoms with Crippen molar-refractivity contribution < 1.29 is 23.1 Å². The van der Waals surface area contributed by atoms with Gasteiger partial charge in [-0.2, -0.15) is 0 Å². The molecule has 0 fully saturated rings. The maximum atomic E-state index is 12.2. The van der Waals surface area contributed by atoms with E-state index in [4.69, 9.17) is 10.5 Å². The fourth-order valence-corrected chi connectivity index (χ4v) is 2.46. The van der Waals surface area contributed by atoms with Crippen LogP contribution < -0.4 is 16.4 Å². The van der Waals surface area contributed by atoms with Crippen molar-refractivity contribution in [3.8, 4) is 0 Å². The molecule has 1 heterocycles. The monoisotopic (exact) mass is 307 g/mol. The number of amides is 1. The largest absolute Gasteiger partial charge is 0.462 e. The predicted molar refractivity (Wildman–Crippen MR) is 72.6 cm³/mol. The topological polar surface area (TPSA) is 93.4 Å². The standard InChI is InChI=1S/C11H15F2N3O3S/c1-3-19-11(18)8-7(14)6(9(17)15-2)10(20-8)16-4-5(12)13/h5,16H,3-4,14H2,1-2H3,(H,15,17). The fourth-order valence-electron chi connectivity index (χ4n) is 1.44. The van der Waals surface area contributed by atoms with Crippen LogP contribution in [0.15, 0.2) is 0 Å². The fraction of sp³-hybridized carbons (Fsp3) is 0.455. The Bertz CT molecular complexity index is 505. The number of hydrogen-bond acceptors (Lipinski definition) is 6. The molecule has 0 radical (unpaired) electrons. The van der Waals surface area contributed by atoms with Gasteiger partial charge >= 0.3 is 5.97 Å². The smallest absolute Gasteiger partial charge is 0.350 e. The van der Waals surface area contributed by atoms with Crippen LogP contribution in [-0.2, 0) is 4.74 Å². The number of esters is 1. The van der Waals surface area contributed by atoms with E-state index in [1.165, 1.54) is 7.05 Å². The summed E-state index contributed by atoms with van der Waals surface area (Å²) in [6.45, 7) is 1.12. The zero-order chi connectivity index (χ0) is 15.3. The van der Waals surface area contributed by atoms with Crippen molar-refractivity contribution in [2.45, 2.75) is 13.3 Å². The number of hydrogen-bond donors (Lipinski definition) is 3. The van der Waals surface area contributed by atoms with Gasteiger partial charge in [-0.25, -0.2) is 13.6 Å². The summed E-state index contributed by atoms with van der Waals surface area (Å²) in [5.41, 5.74) is 5.63. The number of carbonyl (C=O) groups excluding carboxylic acids is 2. The Kier molecular flexibility index (Phi) is 5.68. The number of nitrogen functional groups attached to an aromatic ring is 1. The molecule has 0 saturated heterocycles. The van der Waals surface area contributed by atoms with Crippen molar-refractivity contribution in [1.29, 1.82) is 0 Å². The Labute approximate surface area is 118 Å². The van der Waals surface area contributed by atoms with Gasteiger partial charge < -0.3 is 21.1 Å². The van der Waals surface area contributed by atoms with Gasteiger partial charge in [-0.15, -0.1) is 11.3 Å². The van der Waals surface area contributed by atoms with Crippen LogP contribution in [0.1, 0.15) is 27.0 Å². The lowest BCUT2D eigenvalue weighted by atomic mass is 10.2. The van der Waals surface area contributed by atoms with E-state index in [1.807, 2.05) is 0 Å². The Balaban J connectivity index is 3.16. The maximum Gasteiger partial charge on any atom is 0.350 e. The van der Waals surface area contributed by atoms with Gasteiger partial charge in [-0.05, 0) is 6.92 Å². The Morgan fingerprint density at radius 1 is 1.45 bits per heavy atom. The number of thiophene rings is 1. The zero-order valence-electron chi connectivity index (χ0n) is 11.0. The van der Waals surface area contributed by atoms with Gasteiger partial charge in [0, 0.05) is 7.05 Å². The number of halogens is 2. The third kappa shape index (κ3) is 3.56. The lowest BCUT2D eigenvalue weighted by Crippen LogP contribution is -2.21. The van der Waals surface area contributed by atoms with Crippen LogP contribution in [0.3, 0.4) is 0 Å². The summed E-state index contributed by atoms with van der Waals surface area (Å²) in [6.07, 6.45) is -2.60. The minimum absolute atomic E-state index is 0.0159. The molecule has 0 aliphatic heterocycles. The van der Waals surface area contributed by atoms with E-state index < -0.39 is 24.8 Å². The molecule has 4 N–H and O–H groups in total. The summed E-state index contributed by atoms with van der Waals surface area (Å²) in [5, 5.41) is 4.86. The lowest BCUT2D eigenvalue weighted by Gasteiger charge is -2.06. The SMILES string of the molecule is CCOC(=O)c1sc(NCC(F)F)c(C(=O)NC)c1N. The molecule has 0 aliphatic rings. The number of ether oxygens (including phenoxy) is 1. The second-order valence-corrected chi connectivity index (χ2v) is 4.64. The third-order valence-corrected chi connectivity index (χ3v) is 3.42. The molecule has 112 valence electrons. The van der Waals surface area contributed by atoms with Crippen LogP contribution in [0.2, 0.25) is 0 Å². The van der Waals surface area contributed by atoms with Gasteiger partial charge in [0.25, 0.3) is 12.3 Å². The van der Waals surface area contributed by atoms with Gasteiger partial charge in [0.2, 0.25) is 0 Å². The predicted octanol–water partition coefficient (Wildman–Crippen LogP) is 1.54.